The third kappa shape index (κ3) is 4.13. The van der Waals surface area contributed by atoms with Gasteiger partial charge in [-0.2, -0.15) is 0 Å². The van der Waals surface area contributed by atoms with E-state index in [-0.39, 0.29) is 50.5 Å². The van der Waals surface area contributed by atoms with E-state index in [1.165, 1.54) is 19.1 Å². The van der Waals surface area contributed by atoms with Gasteiger partial charge in [-0.1, -0.05) is 26.8 Å². The molecule has 216 valence electrons. The van der Waals surface area contributed by atoms with Gasteiger partial charge in [0.05, 0.1) is 6.10 Å². The lowest BCUT2D eigenvalue weighted by Crippen LogP contribution is -2.71. The normalized spacial score (nSPS) is 42.4. The predicted molar refractivity (Wildman–Crippen MR) is 135 cm³/mol. The summed E-state index contributed by atoms with van der Waals surface area (Å²) >= 11 is 0. The van der Waals surface area contributed by atoms with Crippen LogP contribution >= 0.6 is 0 Å². The van der Waals surface area contributed by atoms with Crippen LogP contribution in [0.15, 0.2) is 23.8 Å². The van der Waals surface area contributed by atoms with Crippen LogP contribution in [-0.4, -0.2) is 52.7 Å². The monoisotopic (exact) mass is 549 g/mol. The highest BCUT2D eigenvalue weighted by Crippen LogP contribution is 2.72. The lowest BCUT2D eigenvalue weighted by atomic mass is 9.43. The summed E-state index contributed by atoms with van der Waals surface area (Å²) in [6.45, 7) is 6.67. The molecule has 10 unspecified atom stereocenters. The van der Waals surface area contributed by atoms with Crippen molar-refractivity contribution in [2.24, 2.45) is 34.5 Å². The minimum atomic E-state index is -2.33. The number of ketones is 1. The maximum absolute atomic E-state index is 17.5. The number of carboxylic acid groups (broad SMARTS) is 1. The fraction of sp³-hybridized carbons (Fsp3) is 0.733. The molecule has 0 aromatic heterocycles. The molecule has 0 saturated heterocycles. The zero-order valence-corrected chi connectivity index (χ0v) is 23.1. The van der Waals surface area contributed by atoms with Gasteiger partial charge in [0.15, 0.2) is 11.5 Å². The first kappa shape index (κ1) is 29.6. The van der Waals surface area contributed by atoms with Crippen LogP contribution in [0.4, 0.5) is 8.78 Å². The zero-order chi connectivity index (χ0) is 29.0. The van der Waals surface area contributed by atoms with Crippen LogP contribution in [0.5, 0.6) is 0 Å². The van der Waals surface area contributed by atoms with Crippen molar-refractivity contribution in [3.8, 4) is 0 Å². The van der Waals surface area contributed by atoms with E-state index < -0.39 is 75.8 Å². The summed E-state index contributed by atoms with van der Waals surface area (Å²) in [4.78, 5) is 48.9. The number of fused-ring (bicyclic) bond motifs is 5. The number of aliphatic carboxylic acids is 1. The van der Waals surface area contributed by atoms with Crippen LogP contribution in [0.3, 0.4) is 0 Å². The number of rotatable bonds is 9. The molecule has 39 heavy (non-hydrogen) atoms. The molecular formula is C30H39F2O7-. The maximum Gasteiger partial charge on any atom is 0.306 e. The Morgan fingerprint density at radius 1 is 1.31 bits per heavy atom. The SMILES string of the molecule is CCCC(=O)OC1(C(C(=O)[O-])C(C)CCC=O)CCC2C3CC(F)C4=CC(=O)C=CC4(C)C3(F)C(O)CC21C. The molecule has 0 spiro atoms. The van der Waals surface area contributed by atoms with E-state index >= 15 is 8.78 Å². The molecule has 0 amide bonds. The van der Waals surface area contributed by atoms with Gasteiger partial charge in [0, 0.05) is 41.5 Å². The van der Waals surface area contributed by atoms with E-state index in [0.717, 1.165) is 6.08 Å². The van der Waals surface area contributed by atoms with Gasteiger partial charge in [-0.15, -0.1) is 0 Å². The molecule has 4 rings (SSSR count). The third-order valence-corrected chi connectivity index (χ3v) is 10.6. The number of carbonyl (C=O) groups excluding carboxylic acids is 4. The average Bonchev–Trinajstić information content (AvgIpc) is 3.12. The number of hydrogen-bond donors (Lipinski definition) is 1. The van der Waals surface area contributed by atoms with Crippen molar-refractivity contribution >= 4 is 24.0 Å². The highest BCUT2D eigenvalue weighted by Gasteiger charge is 2.76. The van der Waals surface area contributed by atoms with E-state index in [9.17, 15) is 29.4 Å². The molecule has 0 aromatic rings. The summed E-state index contributed by atoms with van der Waals surface area (Å²) in [6.07, 6.45) is 1.73. The highest BCUT2D eigenvalue weighted by atomic mass is 19.1. The Kier molecular flexibility index (Phi) is 7.73. The lowest BCUT2D eigenvalue weighted by molar-refractivity contribution is -0.326. The number of ether oxygens (including phenoxy) is 1. The van der Waals surface area contributed by atoms with Gasteiger partial charge >= 0.3 is 5.97 Å². The van der Waals surface area contributed by atoms with Crippen molar-refractivity contribution in [3.63, 3.8) is 0 Å². The van der Waals surface area contributed by atoms with E-state index in [1.54, 1.807) is 20.8 Å². The first-order chi connectivity index (χ1) is 18.2. The van der Waals surface area contributed by atoms with E-state index in [1.807, 2.05) is 0 Å². The molecule has 3 saturated carbocycles. The Bertz CT molecular complexity index is 1100. The van der Waals surface area contributed by atoms with Gasteiger partial charge in [-0.25, -0.2) is 8.78 Å². The highest BCUT2D eigenvalue weighted by molar-refractivity contribution is 6.01. The molecule has 0 heterocycles. The lowest BCUT2D eigenvalue weighted by Gasteiger charge is -2.64. The number of halogens is 2. The van der Waals surface area contributed by atoms with Crippen LogP contribution in [0.1, 0.15) is 79.1 Å². The number of aldehydes is 1. The summed E-state index contributed by atoms with van der Waals surface area (Å²) in [5.74, 6) is -6.08. The van der Waals surface area contributed by atoms with E-state index in [2.05, 4.69) is 0 Å². The fourth-order valence-electron chi connectivity index (χ4n) is 8.81. The second-order valence-corrected chi connectivity index (χ2v) is 12.5. The summed E-state index contributed by atoms with van der Waals surface area (Å²) < 4.78 is 39.3. The van der Waals surface area contributed by atoms with Crippen molar-refractivity contribution in [2.45, 2.75) is 103 Å². The smallest absolute Gasteiger partial charge is 0.306 e. The van der Waals surface area contributed by atoms with E-state index in [4.69, 9.17) is 4.74 Å². The van der Waals surface area contributed by atoms with Crippen molar-refractivity contribution < 1.29 is 42.9 Å². The van der Waals surface area contributed by atoms with Crippen LogP contribution < -0.4 is 5.11 Å². The van der Waals surface area contributed by atoms with Gasteiger partial charge in [0.1, 0.15) is 18.1 Å². The molecule has 1 N–H and O–H groups in total. The van der Waals surface area contributed by atoms with E-state index in [0.29, 0.717) is 12.7 Å². The largest absolute Gasteiger partial charge is 0.550 e. The molecule has 9 heteroatoms. The van der Waals surface area contributed by atoms with Crippen molar-refractivity contribution in [1.82, 2.24) is 0 Å². The number of carboxylic acids is 1. The average molecular weight is 550 g/mol. The first-order valence-corrected chi connectivity index (χ1v) is 14.1. The topological polar surface area (TPSA) is 121 Å². The number of alkyl halides is 2. The second kappa shape index (κ2) is 10.2. The van der Waals surface area contributed by atoms with Crippen molar-refractivity contribution in [2.75, 3.05) is 0 Å². The third-order valence-electron chi connectivity index (χ3n) is 10.6. The van der Waals surface area contributed by atoms with Crippen molar-refractivity contribution in [3.05, 3.63) is 23.8 Å². The Morgan fingerprint density at radius 3 is 2.62 bits per heavy atom. The van der Waals surface area contributed by atoms with Crippen LogP contribution in [-0.2, 0) is 23.9 Å². The maximum atomic E-state index is 17.5. The molecule has 0 aromatic carbocycles. The standard InChI is InChI=1S/C30H40F2O7/c1-5-7-24(36)39-29(25(26(37)38)17(2)8-6-13-33)12-10-19-20-15-22(31)21-14-18(34)9-11-27(21,3)30(20,32)23(35)16-28(19,29)4/h9,11,13-14,17,19-20,22-23,25,35H,5-8,10,12,15-16H2,1-4H3,(H,37,38)/p-1. The Labute approximate surface area is 228 Å². The van der Waals surface area contributed by atoms with Gasteiger partial charge in [0.25, 0.3) is 0 Å². The molecule has 3 fully saturated rings. The Balaban J connectivity index is 1.86. The number of aliphatic hydroxyl groups is 1. The Morgan fingerprint density at radius 2 is 2.00 bits per heavy atom. The van der Waals surface area contributed by atoms with Gasteiger partial charge in [-0.05, 0) is 75.0 Å². The van der Waals surface area contributed by atoms with Gasteiger partial charge < -0.3 is 24.5 Å². The van der Waals surface area contributed by atoms with Crippen LogP contribution in [0, 0.1) is 34.5 Å². The zero-order valence-electron chi connectivity index (χ0n) is 23.1. The number of hydrogen-bond acceptors (Lipinski definition) is 7. The first-order valence-electron chi connectivity index (χ1n) is 14.1. The van der Waals surface area contributed by atoms with Crippen LogP contribution in [0.25, 0.3) is 0 Å². The number of allylic oxidation sites excluding steroid dienone is 4. The number of aliphatic hydroxyl groups excluding tert-OH is 1. The molecule has 0 bridgehead atoms. The number of carbonyl (C=O) groups is 4. The summed E-state index contributed by atoms with van der Waals surface area (Å²) in [5.41, 5.74) is -6.76. The minimum Gasteiger partial charge on any atom is -0.550 e. The molecular weight excluding hydrogens is 510 g/mol. The van der Waals surface area contributed by atoms with Gasteiger partial charge in [0.2, 0.25) is 0 Å². The molecule has 0 radical (unpaired) electrons. The number of esters is 1. The Hall–Kier alpha value is -2.42. The second-order valence-electron chi connectivity index (χ2n) is 12.5. The van der Waals surface area contributed by atoms with Crippen molar-refractivity contribution in [1.29, 1.82) is 0 Å². The van der Waals surface area contributed by atoms with Crippen LogP contribution in [0.2, 0.25) is 0 Å². The fourth-order valence-corrected chi connectivity index (χ4v) is 8.81. The summed E-state index contributed by atoms with van der Waals surface area (Å²) in [5, 5.41) is 24.4. The molecule has 7 nitrogen and oxygen atoms in total. The summed E-state index contributed by atoms with van der Waals surface area (Å²) in [7, 11) is 0. The summed E-state index contributed by atoms with van der Waals surface area (Å²) in [6, 6.07) is 0. The molecule has 4 aliphatic carbocycles. The quantitative estimate of drug-likeness (QED) is 0.346. The van der Waals surface area contributed by atoms with Gasteiger partial charge in [-0.3, -0.25) is 9.59 Å². The predicted octanol–water partition coefficient (Wildman–Crippen LogP) is 3.37. The molecule has 10 atom stereocenters. The minimum absolute atomic E-state index is 0.00475. The molecule has 4 aliphatic rings. The molecule has 0 aliphatic heterocycles.